The number of hydrogen-bond donors (Lipinski definition) is 2. The first-order valence-electron chi connectivity index (χ1n) is 12.7. The second kappa shape index (κ2) is 10.3. The van der Waals surface area contributed by atoms with Crippen LogP contribution in [0, 0.1) is 12.3 Å². The van der Waals surface area contributed by atoms with Crippen LogP contribution in [0.4, 0.5) is 23.2 Å². The highest BCUT2D eigenvalue weighted by Crippen LogP contribution is 2.41. The average molecular weight is 514 g/mol. The lowest BCUT2D eigenvalue weighted by Crippen LogP contribution is -2.47. The van der Waals surface area contributed by atoms with E-state index in [0.717, 1.165) is 59.5 Å². The number of alkyl halides is 4. The number of fused-ring (bicyclic) bond motifs is 3. The summed E-state index contributed by atoms with van der Waals surface area (Å²) >= 11 is 0. The summed E-state index contributed by atoms with van der Waals surface area (Å²) in [6.45, 7) is 2.99. The minimum atomic E-state index is -4.34. The Balaban J connectivity index is 1.44. The Morgan fingerprint density at radius 2 is 2.08 bits per heavy atom. The maximum Gasteiger partial charge on any atom is 0.401 e. The van der Waals surface area contributed by atoms with Gasteiger partial charge in [0.15, 0.2) is 0 Å². The van der Waals surface area contributed by atoms with Gasteiger partial charge in [0.1, 0.15) is 0 Å². The molecule has 0 unspecified atom stereocenters. The lowest BCUT2D eigenvalue weighted by molar-refractivity contribution is -0.155. The lowest BCUT2D eigenvalue weighted by Gasteiger charge is -2.40. The summed E-state index contributed by atoms with van der Waals surface area (Å²) in [4.78, 5) is 11.7. The van der Waals surface area contributed by atoms with Gasteiger partial charge in [-0.05, 0) is 62.1 Å². The van der Waals surface area contributed by atoms with E-state index in [0.29, 0.717) is 18.5 Å². The van der Waals surface area contributed by atoms with Crippen molar-refractivity contribution in [3.8, 4) is 12.3 Å². The first-order chi connectivity index (χ1) is 17.8. The summed E-state index contributed by atoms with van der Waals surface area (Å²) in [5.41, 5.74) is 4.70. The van der Waals surface area contributed by atoms with Gasteiger partial charge in [0.05, 0.1) is 36.8 Å². The van der Waals surface area contributed by atoms with Crippen LogP contribution in [-0.4, -0.2) is 70.9 Å². The molecule has 2 aliphatic heterocycles. The molecule has 1 fully saturated rings. The molecule has 4 heterocycles. The Hall–Kier alpha value is -3.09. The zero-order valence-corrected chi connectivity index (χ0v) is 20.8. The predicted molar refractivity (Wildman–Crippen MR) is 137 cm³/mol. The molecule has 5 rings (SSSR count). The van der Waals surface area contributed by atoms with Crippen LogP contribution >= 0.6 is 0 Å². The number of pyridine rings is 1. The smallest absolute Gasteiger partial charge is 0.380 e. The number of nitrogens with one attached hydrogen (secondary N) is 2. The molecule has 0 saturated carbocycles. The van der Waals surface area contributed by atoms with Crippen molar-refractivity contribution in [3.05, 3.63) is 59.0 Å². The van der Waals surface area contributed by atoms with Crippen molar-refractivity contribution < 1.29 is 17.6 Å². The molecular formula is C28H31F4N5. The van der Waals surface area contributed by atoms with Crippen LogP contribution in [0.15, 0.2) is 36.5 Å². The number of H-pyrrole nitrogens is 1. The van der Waals surface area contributed by atoms with Crippen molar-refractivity contribution in [2.45, 2.75) is 50.5 Å². The first-order valence-corrected chi connectivity index (χ1v) is 12.7. The second-order valence-corrected chi connectivity index (χ2v) is 10.1. The van der Waals surface area contributed by atoms with Crippen LogP contribution in [0.5, 0.6) is 0 Å². The van der Waals surface area contributed by atoms with Crippen LogP contribution in [0.3, 0.4) is 0 Å². The minimum Gasteiger partial charge on any atom is -0.380 e. The highest BCUT2D eigenvalue weighted by atomic mass is 19.4. The highest BCUT2D eigenvalue weighted by Gasteiger charge is 2.42. The summed E-state index contributed by atoms with van der Waals surface area (Å²) in [5, 5.41) is 4.42. The molecule has 5 nitrogen and oxygen atoms in total. The van der Waals surface area contributed by atoms with Crippen molar-refractivity contribution in [1.29, 1.82) is 0 Å². The molecule has 196 valence electrons. The zero-order chi connectivity index (χ0) is 26.2. The monoisotopic (exact) mass is 513 g/mol. The van der Waals surface area contributed by atoms with Gasteiger partial charge >= 0.3 is 6.18 Å². The van der Waals surface area contributed by atoms with Gasteiger partial charge in [-0.2, -0.15) is 13.2 Å². The maximum atomic E-state index is 13.7. The van der Waals surface area contributed by atoms with E-state index in [4.69, 9.17) is 6.42 Å². The van der Waals surface area contributed by atoms with E-state index < -0.39 is 18.8 Å². The molecule has 0 radical (unpaired) electrons. The van der Waals surface area contributed by atoms with Gasteiger partial charge in [0, 0.05) is 53.9 Å². The summed E-state index contributed by atoms with van der Waals surface area (Å²) < 4.78 is 53.4. The Morgan fingerprint density at radius 3 is 2.78 bits per heavy atom. The number of aromatic amines is 1. The molecule has 2 N–H and O–H groups in total. The molecule has 2 aromatic heterocycles. The maximum absolute atomic E-state index is 13.7. The third-order valence-corrected chi connectivity index (χ3v) is 7.46. The van der Waals surface area contributed by atoms with Crippen LogP contribution in [0.2, 0.25) is 0 Å². The minimum absolute atomic E-state index is 0.231. The fraction of sp³-hybridized carbons (Fsp3) is 0.464. The molecule has 2 aliphatic rings. The molecule has 1 saturated heterocycles. The quantitative estimate of drug-likeness (QED) is 0.333. The normalized spacial score (nSPS) is 22.8. The molecule has 0 spiro atoms. The Morgan fingerprint density at radius 1 is 1.24 bits per heavy atom. The molecule has 37 heavy (non-hydrogen) atoms. The third kappa shape index (κ3) is 5.46. The second-order valence-electron chi connectivity index (χ2n) is 10.1. The van der Waals surface area contributed by atoms with E-state index in [1.807, 2.05) is 37.3 Å². The predicted octanol–water partition coefficient (Wildman–Crippen LogP) is 5.29. The van der Waals surface area contributed by atoms with Crippen molar-refractivity contribution in [1.82, 2.24) is 19.8 Å². The Bertz CT molecular complexity index is 1280. The van der Waals surface area contributed by atoms with Crippen molar-refractivity contribution >= 4 is 16.6 Å². The van der Waals surface area contributed by atoms with E-state index >= 15 is 0 Å². The molecule has 9 heteroatoms. The average Bonchev–Trinajstić information content (AvgIpc) is 3.46. The standard InChI is InChI=1S/C28H31F4N5/c1-3-19-5-7-24-22(14-19)23-13-18(2)37(17-28(30,31)32)27(26(23)35-24)25-8-6-20(15-33-25)34-21-9-12-36(16-21)11-4-10-29/h1,5-8,14-15,18,21,27,34-35H,4,9-13,16-17H2,2H3/t18-,21-,27-/m0/s1. The largest absolute Gasteiger partial charge is 0.401 e. The van der Waals surface area contributed by atoms with E-state index in [2.05, 4.69) is 26.1 Å². The van der Waals surface area contributed by atoms with Gasteiger partial charge < -0.3 is 15.2 Å². The topological polar surface area (TPSA) is 47.2 Å². The van der Waals surface area contributed by atoms with E-state index in [-0.39, 0.29) is 18.8 Å². The number of hydrogen-bond acceptors (Lipinski definition) is 4. The van der Waals surface area contributed by atoms with Crippen molar-refractivity contribution in [2.24, 2.45) is 0 Å². The van der Waals surface area contributed by atoms with Gasteiger partial charge in [-0.15, -0.1) is 6.42 Å². The van der Waals surface area contributed by atoms with Gasteiger partial charge in [-0.25, -0.2) is 0 Å². The number of halogens is 4. The number of rotatable bonds is 7. The number of likely N-dealkylation sites (tertiary alicyclic amines) is 1. The van der Waals surface area contributed by atoms with E-state index in [1.165, 1.54) is 4.90 Å². The van der Waals surface area contributed by atoms with Gasteiger partial charge in [-0.3, -0.25) is 14.3 Å². The fourth-order valence-corrected chi connectivity index (χ4v) is 5.74. The summed E-state index contributed by atoms with van der Waals surface area (Å²) in [5.74, 6) is 2.65. The van der Waals surface area contributed by atoms with Crippen molar-refractivity contribution in [3.63, 3.8) is 0 Å². The number of nitrogens with zero attached hydrogens (tertiary/aromatic N) is 3. The van der Waals surface area contributed by atoms with Crippen LogP contribution < -0.4 is 5.32 Å². The van der Waals surface area contributed by atoms with Crippen LogP contribution in [0.25, 0.3) is 10.9 Å². The first kappa shape index (κ1) is 25.6. The molecule has 3 atom stereocenters. The summed E-state index contributed by atoms with van der Waals surface area (Å²) in [6.07, 6.45) is 4.92. The van der Waals surface area contributed by atoms with Gasteiger partial charge in [0.2, 0.25) is 0 Å². The fourth-order valence-electron chi connectivity index (χ4n) is 5.74. The SMILES string of the molecule is C#Cc1ccc2[nH]c3c(c2c1)C[C@H](C)N(CC(F)(F)F)[C@H]3c1ccc(N[C@H]2CCN(CCCF)C2)cn1. The number of aromatic nitrogens is 2. The zero-order valence-electron chi connectivity index (χ0n) is 20.8. The summed E-state index contributed by atoms with van der Waals surface area (Å²) in [6, 6.07) is 8.55. The van der Waals surface area contributed by atoms with Crippen molar-refractivity contribution in [2.75, 3.05) is 38.2 Å². The summed E-state index contributed by atoms with van der Waals surface area (Å²) in [7, 11) is 0. The van der Waals surface area contributed by atoms with Gasteiger partial charge in [-0.1, -0.05) is 5.92 Å². The van der Waals surface area contributed by atoms with Crippen LogP contribution in [-0.2, 0) is 6.42 Å². The van der Waals surface area contributed by atoms with E-state index in [9.17, 15) is 17.6 Å². The Kier molecular flexibility index (Phi) is 7.15. The molecule has 0 amide bonds. The number of terminal acetylenes is 1. The Labute approximate surface area is 214 Å². The molecule has 0 bridgehead atoms. The van der Waals surface area contributed by atoms with E-state index in [1.54, 1.807) is 6.20 Å². The third-order valence-electron chi connectivity index (χ3n) is 7.46. The lowest BCUT2D eigenvalue weighted by atomic mass is 9.90. The molecule has 1 aromatic carbocycles. The molecular weight excluding hydrogens is 482 g/mol. The number of anilines is 1. The van der Waals surface area contributed by atoms with Crippen LogP contribution in [0.1, 0.15) is 48.3 Å². The highest BCUT2D eigenvalue weighted by molar-refractivity contribution is 5.86. The molecule has 3 aromatic rings. The molecule has 0 aliphatic carbocycles. The van der Waals surface area contributed by atoms with Gasteiger partial charge in [0.25, 0.3) is 0 Å². The number of benzene rings is 1.